The van der Waals surface area contributed by atoms with E-state index in [0.29, 0.717) is 19.4 Å². The normalized spacial score (nSPS) is 24.2. The highest BCUT2D eigenvalue weighted by molar-refractivity contribution is 7.80. The van der Waals surface area contributed by atoms with Gasteiger partial charge in [-0.25, -0.2) is 0 Å². The fourth-order valence-corrected chi connectivity index (χ4v) is 4.30. The molecule has 0 bridgehead atoms. The molecular weight excluding hydrogens is 336 g/mol. The van der Waals surface area contributed by atoms with Gasteiger partial charge in [-0.15, -0.1) is 6.58 Å². The number of carbonyl (C=O) groups excluding carboxylic acids is 1. The zero-order valence-electron chi connectivity index (χ0n) is 16.0. The molecule has 1 rings (SSSR count). The SMILES string of the molecule is C=CC[C@@H]1C(=S)N(CCC(C)=O)[C@H](CCCC)C[C@H]1C(C)(C)[N+](=O)[O-]. The molecule has 5 nitrogen and oxygen atoms in total. The minimum atomic E-state index is -1.03. The summed E-state index contributed by atoms with van der Waals surface area (Å²) in [5.41, 5.74) is -1.03. The van der Waals surface area contributed by atoms with E-state index in [9.17, 15) is 14.9 Å². The monoisotopic (exact) mass is 368 g/mol. The van der Waals surface area contributed by atoms with E-state index in [1.54, 1.807) is 26.8 Å². The Balaban J connectivity index is 3.16. The van der Waals surface area contributed by atoms with Gasteiger partial charge in [0, 0.05) is 49.6 Å². The van der Waals surface area contributed by atoms with Crippen LogP contribution in [-0.2, 0) is 4.79 Å². The summed E-state index contributed by atoms with van der Waals surface area (Å²) in [4.78, 5) is 25.9. The Kier molecular flexibility index (Phi) is 8.19. The fourth-order valence-electron chi connectivity index (χ4n) is 3.79. The van der Waals surface area contributed by atoms with Crippen LogP contribution in [0.5, 0.6) is 0 Å². The molecule has 1 aliphatic rings. The highest BCUT2D eigenvalue weighted by Crippen LogP contribution is 2.41. The van der Waals surface area contributed by atoms with E-state index in [-0.39, 0.29) is 28.6 Å². The molecule has 1 heterocycles. The average Bonchev–Trinajstić information content (AvgIpc) is 2.53. The lowest BCUT2D eigenvalue weighted by Crippen LogP contribution is -2.57. The number of hydrogen-bond acceptors (Lipinski definition) is 4. The lowest BCUT2D eigenvalue weighted by atomic mass is 9.69. The van der Waals surface area contributed by atoms with Gasteiger partial charge in [0.2, 0.25) is 5.54 Å². The molecule has 0 N–H and O–H groups in total. The van der Waals surface area contributed by atoms with Crippen LogP contribution in [0, 0.1) is 22.0 Å². The van der Waals surface area contributed by atoms with Crippen molar-refractivity contribution in [2.24, 2.45) is 11.8 Å². The number of carbonyl (C=O) groups is 1. The van der Waals surface area contributed by atoms with Gasteiger partial charge in [0.1, 0.15) is 5.78 Å². The number of rotatable bonds is 10. The summed E-state index contributed by atoms with van der Waals surface area (Å²) in [6.07, 6.45) is 6.73. The van der Waals surface area contributed by atoms with Gasteiger partial charge in [0.05, 0.1) is 4.99 Å². The molecule has 0 aromatic heterocycles. The summed E-state index contributed by atoms with van der Waals surface area (Å²) < 4.78 is 0. The molecule has 6 heteroatoms. The van der Waals surface area contributed by atoms with Gasteiger partial charge in [-0.05, 0) is 26.2 Å². The summed E-state index contributed by atoms with van der Waals surface area (Å²) in [5, 5.41) is 11.7. The van der Waals surface area contributed by atoms with Gasteiger partial charge in [-0.2, -0.15) is 0 Å². The van der Waals surface area contributed by atoms with Crippen LogP contribution in [0.3, 0.4) is 0 Å². The Morgan fingerprint density at radius 3 is 2.64 bits per heavy atom. The summed E-state index contributed by atoms with van der Waals surface area (Å²) in [6.45, 7) is 11.6. The number of hydrogen-bond donors (Lipinski definition) is 0. The van der Waals surface area contributed by atoms with E-state index in [4.69, 9.17) is 12.2 Å². The van der Waals surface area contributed by atoms with Crippen molar-refractivity contribution < 1.29 is 9.72 Å². The summed E-state index contributed by atoms with van der Waals surface area (Å²) in [5.74, 6) is -0.0498. The van der Waals surface area contributed by atoms with E-state index >= 15 is 0 Å². The summed E-state index contributed by atoms with van der Waals surface area (Å²) in [6, 6.07) is 0.178. The van der Waals surface area contributed by atoms with Crippen molar-refractivity contribution >= 4 is 23.0 Å². The number of unbranched alkanes of at least 4 members (excludes halogenated alkanes) is 1. The van der Waals surface area contributed by atoms with Gasteiger partial charge >= 0.3 is 0 Å². The third-order valence-electron chi connectivity index (χ3n) is 5.45. The van der Waals surface area contributed by atoms with Crippen molar-refractivity contribution in [3.05, 3.63) is 22.8 Å². The zero-order chi connectivity index (χ0) is 19.2. The number of ketones is 1. The second-order valence-corrected chi connectivity index (χ2v) is 8.08. The standard InChI is InChI=1S/C19H32N2O3S/c1-6-8-10-15-13-17(19(4,5)21(23)24)16(9-7-2)18(25)20(15)12-11-14(3)22/h7,15-17H,2,6,8-13H2,1,3-5H3/t15-,16+,17-/m1/s1. The van der Waals surface area contributed by atoms with Gasteiger partial charge in [0.15, 0.2) is 0 Å². The maximum Gasteiger partial charge on any atom is 0.220 e. The molecule has 0 saturated carbocycles. The first kappa shape index (κ1) is 21.7. The van der Waals surface area contributed by atoms with Crippen molar-refractivity contribution in [2.75, 3.05) is 6.54 Å². The number of likely N-dealkylation sites (tertiary alicyclic amines) is 1. The molecular formula is C19H32N2O3S. The Morgan fingerprint density at radius 2 is 2.16 bits per heavy atom. The molecule has 1 saturated heterocycles. The molecule has 0 aliphatic carbocycles. The van der Waals surface area contributed by atoms with Crippen molar-refractivity contribution in [3.63, 3.8) is 0 Å². The predicted molar refractivity (Wildman–Crippen MR) is 105 cm³/mol. The molecule has 0 aromatic carbocycles. The molecule has 0 aromatic rings. The van der Waals surface area contributed by atoms with Crippen LogP contribution in [0.25, 0.3) is 0 Å². The lowest BCUT2D eigenvalue weighted by molar-refractivity contribution is -0.573. The minimum absolute atomic E-state index is 0.0715. The fraction of sp³-hybridized carbons (Fsp3) is 0.789. The number of nitro groups is 1. The maximum atomic E-state index is 11.7. The van der Waals surface area contributed by atoms with Gasteiger partial charge in [0.25, 0.3) is 0 Å². The second-order valence-electron chi connectivity index (χ2n) is 7.66. The van der Waals surface area contributed by atoms with Crippen LogP contribution >= 0.6 is 12.2 Å². The van der Waals surface area contributed by atoms with Crippen LogP contribution in [0.2, 0.25) is 0 Å². The largest absolute Gasteiger partial charge is 0.362 e. The topological polar surface area (TPSA) is 63.5 Å². The van der Waals surface area contributed by atoms with E-state index in [0.717, 1.165) is 30.7 Å². The zero-order valence-corrected chi connectivity index (χ0v) is 16.8. The van der Waals surface area contributed by atoms with Crippen LogP contribution in [0.15, 0.2) is 12.7 Å². The van der Waals surface area contributed by atoms with Gasteiger partial charge in [-0.3, -0.25) is 14.9 Å². The Morgan fingerprint density at radius 1 is 1.52 bits per heavy atom. The predicted octanol–water partition coefficient (Wildman–Crippen LogP) is 4.42. The van der Waals surface area contributed by atoms with Crippen molar-refractivity contribution in [3.8, 4) is 0 Å². The van der Waals surface area contributed by atoms with E-state index in [2.05, 4.69) is 18.4 Å². The lowest BCUT2D eigenvalue weighted by Gasteiger charge is -2.48. The number of Topliss-reactive ketones (excluding diaryl/α,β-unsaturated/α-hetero) is 1. The van der Waals surface area contributed by atoms with Crippen LogP contribution in [0.1, 0.15) is 66.2 Å². The molecule has 25 heavy (non-hydrogen) atoms. The smallest absolute Gasteiger partial charge is 0.220 e. The first-order chi connectivity index (χ1) is 11.7. The first-order valence-electron chi connectivity index (χ1n) is 9.22. The highest BCUT2D eigenvalue weighted by atomic mass is 32.1. The van der Waals surface area contributed by atoms with Crippen molar-refractivity contribution in [1.82, 2.24) is 4.90 Å². The molecule has 3 atom stereocenters. The van der Waals surface area contributed by atoms with Crippen LogP contribution < -0.4 is 0 Å². The molecule has 1 fully saturated rings. The first-order valence-corrected chi connectivity index (χ1v) is 9.62. The molecule has 0 spiro atoms. The number of piperidine rings is 1. The average molecular weight is 369 g/mol. The molecule has 142 valence electrons. The number of allylic oxidation sites excluding steroid dienone is 1. The number of nitrogens with zero attached hydrogens (tertiary/aromatic N) is 2. The van der Waals surface area contributed by atoms with Crippen LogP contribution in [0.4, 0.5) is 0 Å². The Hall–Kier alpha value is -1.30. The van der Waals surface area contributed by atoms with Crippen molar-refractivity contribution in [1.29, 1.82) is 0 Å². The minimum Gasteiger partial charge on any atom is -0.362 e. The van der Waals surface area contributed by atoms with E-state index in [1.165, 1.54) is 0 Å². The van der Waals surface area contributed by atoms with Crippen LogP contribution in [-0.4, -0.2) is 38.7 Å². The molecule has 0 radical (unpaired) electrons. The molecule has 1 aliphatic heterocycles. The second kappa shape index (κ2) is 9.41. The Bertz CT molecular complexity index is 519. The van der Waals surface area contributed by atoms with Gasteiger partial charge < -0.3 is 4.90 Å². The Labute approximate surface area is 157 Å². The quantitative estimate of drug-likeness (QED) is 0.247. The highest BCUT2D eigenvalue weighted by Gasteiger charge is 2.51. The third-order valence-corrected chi connectivity index (χ3v) is 5.98. The summed E-state index contributed by atoms with van der Waals surface area (Å²) >= 11 is 5.77. The van der Waals surface area contributed by atoms with E-state index in [1.807, 2.05) is 0 Å². The molecule has 0 unspecified atom stereocenters. The van der Waals surface area contributed by atoms with E-state index < -0.39 is 5.54 Å². The summed E-state index contributed by atoms with van der Waals surface area (Å²) in [7, 11) is 0. The van der Waals surface area contributed by atoms with Gasteiger partial charge in [-0.1, -0.05) is 38.1 Å². The molecule has 0 amide bonds. The van der Waals surface area contributed by atoms with Crippen molar-refractivity contribution in [2.45, 2.75) is 77.8 Å². The third kappa shape index (κ3) is 5.33. The number of thiocarbonyl (C=S) groups is 1. The maximum absolute atomic E-state index is 11.7.